The molecular formula is C17H18N2OS. The lowest BCUT2D eigenvalue weighted by atomic mass is 10.1. The smallest absolute Gasteiger partial charge is 0.229 e. The predicted molar refractivity (Wildman–Crippen MR) is 88.1 cm³/mol. The monoisotopic (exact) mass is 298 g/mol. The molecule has 0 spiro atoms. The molecule has 0 saturated heterocycles. The molecule has 21 heavy (non-hydrogen) atoms. The largest absolute Gasteiger partial charge is 0.438 e. The molecule has 0 bridgehead atoms. The van der Waals surface area contributed by atoms with Gasteiger partial charge in [-0.3, -0.25) is 0 Å². The number of hydrogen-bond donors (Lipinski definition) is 1. The Labute approximate surface area is 130 Å². The maximum Gasteiger partial charge on any atom is 0.229 e. The fraction of sp³-hybridized carbons (Fsp3) is 0.294. The van der Waals surface area contributed by atoms with E-state index in [1.165, 1.54) is 5.56 Å². The number of aryl methyl sites for hydroxylation is 4. The number of fused-ring (bicyclic) bond motifs is 1. The fourth-order valence-electron chi connectivity index (χ4n) is 2.81. The van der Waals surface area contributed by atoms with E-state index in [2.05, 4.69) is 11.1 Å². The topological polar surface area (TPSA) is 48.1 Å². The molecule has 108 valence electrons. The normalized spacial score (nSPS) is 13.0. The summed E-state index contributed by atoms with van der Waals surface area (Å²) in [5.41, 5.74) is 11.2. The first kappa shape index (κ1) is 14.0. The molecular weight excluding hydrogens is 280 g/mol. The van der Waals surface area contributed by atoms with Crippen molar-refractivity contribution < 1.29 is 4.74 Å². The molecule has 2 N–H and O–H groups in total. The number of benzene rings is 1. The van der Waals surface area contributed by atoms with Crippen LogP contribution in [-0.2, 0) is 12.8 Å². The van der Waals surface area contributed by atoms with Crippen molar-refractivity contribution in [3.8, 4) is 11.6 Å². The van der Waals surface area contributed by atoms with Crippen LogP contribution in [0.3, 0.4) is 0 Å². The zero-order valence-electron chi connectivity index (χ0n) is 12.3. The molecule has 3 nitrogen and oxygen atoms in total. The van der Waals surface area contributed by atoms with Crippen LogP contribution in [0, 0.1) is 13.8 Å². The maximum absolute atomic E-state index is 5.98. The quantitative estimate of drug-likeness (QED) is 0.879. The Morgan fingerprint density at radius 2 is 1.86 bits per heavy atom. The van der Waals surface area contributed by atoms with Crippen molar-refractivity contribution in [2.45, 2.75) is 33.1 Å². The molecule has 0 amide bonds. The predicted octanol–water partition coefficient (Wildman–Crippen LogP) is 3.61. The van der Waals surface area contributed by atoms with Crippen LogP contribution in [-0.4, -0.2) is 9.97 Å². The number of rotatable bonds is 3. The standard InChI is InChI=1S/C17H18N2OS/c1-10-6-11(2)8-13(7-10)20-17-14(16(18)21)9-12-4-3-5-15(12)19-17/h6-9H,3-5H2,1-2H3,(H2,18,21). The molecule has 0 fully saturated rings. The minimum Gasteiger partial charge on any atom is -0.438 e. The Bertz CT molecular complexity index is 705. The zero-order chi connectivity index (χ0) is 15.0. The van der Waals surface area contributed by atoms with Crippen molar-refractivity contribution in [1.29, 1.82) is 0 Å². The molecule has 4 heteroatoms. The number of nitrogens with zero attached hydrogens (tertiary/aromatic N) is 1. The molecule has 3 rings (SSSR count). The second-order valence-corrected chi connectivity index (χ2v) is 6.03. The second-order valence-electron chi connectivity index (χ2n) is 5.59. The average molecular weight is 298 g/mol. The van der Waals surface area contributed by atoms with Crippen LogP contribution in [0.4, 0.5) is 0 Å². The molecule has 2 aromatic rings. The average Bonchev–Trinajstić information content (AvgIpc) is 2.83. The van der Waals surface area contributed by atoms with Crippen LogP contribution in [0.15, 0.2) is 24.3 Å². The van der Waals surface area contributed by atoms with E-state index in [0.717, 1.165) is 47.4 Å². The highest BCUT2D eigenvalue weighted by atomic mass is 32.1. The van der Waals surface area contributed by atoms with Crippen molar-refractivity contribution in [3.63, 3.8) is 0 Å². The SMILES string of the molecule is Cc1cc(C)cc(Oc2nc3c(cc2C(N)=S)CCC3)c1. The lowest BCUT2D eigenvalue weighted by Gasteiger charge is -2.12. The van der Waals surface area contributed by atoms with Gasteiger partial charge in [-0.05, 0) is 68.0 Å². The Morgan fingerprint density at radius 1 is 1.14 bits per heavy atom. The molecule has 1 aromatic heterocycles. The lowest BCUT2D eigenvalue weighted by molar-refractivity contribution is 0.459. The molecule has 1 aliphatic carbocycles. The Morgan fingerprint density at radius 3 is 2.52 bits per heavy atom. The van der Waals surface area contributed by atoms with E-state index in [1.807, 2.05) is 32.0 Å². The van der Waals surface area contributed by atoms with E-state index < -0.39 is 0 Å². The van der Waals surface area contributed by atoms with Crippen molar-refractivity contribution in [3.05, 3.63) is 52.2 Å². The number of ether oxygens (including phenoxy) is 1. The summed E-state index contributed by atoms with van der Waals surface area (Å²) in [6.07, 6.45) is 3.17. The molecule has 1 aliphatic rings. The third-order valence-corrected chi connectivity index (χ3v) is 3.91. The summed E-state index contributed by atoms with van der Waals surface area (Å²) >= 11 is 5.15. The first-order valence-electron chi connectivity index (χ1n) is 7.11. The molecule has 1 aromatic carbocycles. The summed E-state index contributed by atoms with van der Waals surface area (Å²) < 4.78 is 5.98. The van der Waals surface area contributed by atoms with E-state index in [0.29, 0.717) is 10.9 Å². The van der Waals surface area contributed by atoms with E-state index >= 15 is 0 Å². The number of aromatic nitrogens is 1. The van der Waals surface area contributed by atoms with Gasteiger partial charge >= 0.3 is 0 Å². The Kier molecular flexibility index (Phi) is 3.64. The summed E-state index contributed by atoms with van der Waals surface area (Å²) in [5.74, 6) is 1.29. The summed E-state index contributed by atoms with van der Waals surface area (Å²) in [6.45, 7) is 4.09. The minimum absolute atomic E-state index is 0.330. The van der Waals surface area contributed by atoms with Gasteiger partial charge in [-0.25, -0.2) is 4.98 Å². The highest BCUT2D eigenvalue weighted by molar-refractivity contribution is 7.80. The third-order valence-electron chi connectivity index (χ3n) is 3.69. The first-order chi connectivity index (χ1) is 10.0. The van der Waals surface area contributed by atoms with Gasteiger partial charge in [0.1, 0.15) is 10.7 Å². The van der Waals surface area contributed by atoms with E-state index in [1.54, 1.807) is 0 Å². The first-order valence-corrected chi connectivity index (χ1v) is 7.52. The van der Waals surface area contributed by atoms with Crippen LogP contribution in [0.2, 0.25) is 0 Å². The molecule has 1 heterocycles. The molecule has 0 unspecified atom stereocenters. The lowest BCUT2D eigenvalue weighted by Crippen LogP contribution is -2.13. The highest BCUT2D eigenvalue weighted by Crippen LogP contribution is 2.30. The number of hydrogen-bond acceptors (Lipinski definition) is 3. The van der Waals surface area contributed by atoms with Gasteiger partial charge in [0.2, 0.25) is 5.88 Å². The van der Waals surface area contributed by atoms with Gasteiger partial charge in [-0.15, -0.1) is 0 Å². The van der Waals surface area contributed by atoms with Crippen LogP contribution in [0.25, 0.3) is 0 Å². The van der Waals surface area contributed by atoms with Crippen molar-refractivity contribution in [2.75, 3.05) is 0 Å². The van der Waals surface area contributed by atoms with Crippen molar-refractivity contribution >= 4 is 17.2 Å². The fourth-order valence-corrected chi connectivity index (χ4v) is 2.96. The van der Waals surface area contributed by atoms with Gasteiger partial charge in [-0.2, -0.15) is 0 Å². The minimum atomic E-state index is 0.330. The Balaban J connectivity index is 2.03. The highest BCUT2D eigenvalue weighted by Gasteiger charge is 2.19. The maximum atomic E-state index is 5.98. The van der Waals surface area contributed by atoms with Crippen LogP contribution >= 0.6 is 12.2 Å². The van der Waals surface area contributed by atoms with Gasteiger partial charge in [0.25, 0.3) is 0 Å². The molecule has 0 radical (unpaired) electrons. The summed E-state index contributed by atoms with van der Waals surface area (Å²) in [6, 6.07) is 8.13. The Hall–Kier alpha value is -1.94. The van der Waals surface area contributed by atoms with Crippen LogP contribution in [0.1, 0.15) is 34.4 Å². The summed E-state index contributed by atoms with van der Waals surface area (Å²) in [5, 5.41) is 0. The van der Waals surface area contributed by atoms with Gasteiger partial charge in [0.05, 0.1) is 5.56 Å². The van der Waals surface area contributed by atoms with E-state index in [4.69, 9.17) is 22.7 Å². The van der Waals surface area contributed by atoms with E-state index in [-0.39, 0.29) is 0 Å². The van der Waals surface area contributed by atoms with Crippen LogP contribution in [0.5, 0.6) is 11.6 Å². The molecule has 0 aliphatic heterocycles. The van der Waals surface area contributed by atoms with Crippen molar-refractivity contribution in [1.82, 2.24) is 4.98 Å². The van der Waals surface area contributed by atoms with Gasteiger partial charge < -0.3 is 10.5 Å². The summed E-state index contributed by atoms with van der Waals surface area (Å²) in [7, 11) is 0. The number of pyridine rings is 1. The van der Waals surface area contributed by atoms with E-state index in [9.17, 15) is 0 Å². The third kappa shape index (κ3) is 2.90. The number of nitrogens with two attached hydrogens (primary N) is 1. The number of thiocarbonyl (C=S) groups is 1. The zero-order valence-corrected chi connectivity index (χ0v) is 13.1. The van der Waals surface area contributed by atoms with Crippen molar-refractivity contribution in [2.24, 2.45) is 5.73 Å². The van der Waals surface area contributed by atoms with Crippen LogP contribution < -0.4 is 10.5 Å². The van der Waals surface area contributed by atoms with Gasteiger partial charge in [0, 0.05) is 5.69 Å². The van der Waals surface area contributed by atoms with Gasteiger partial charge in [-0.1, -0.05) is 18.3 Å². The second kappa shape index (κ2) is 5.45. The van der Waals surface area contributed by atoms with Gasteiger partial charge in [0.15, 0.2) is 0 Å². The molecule has 0 saturated carbocycles. The molecule has 0 atom stereocenters. The summed E-state index contributed by atoms with van der Waals surface area (Å²) in [4.78, 5) is 4.97.